The van der Waals surface area contributed by atoms with Crippen molar-refractivity contribution in [2.24, 2.45) is 0 Å². The zero-order valence-corrected chi connectivity index (χ0v) is 12.9. The fourth-order valence-corrected chi connectivity index (χ4v) is 2.13. The predicted octanol–water partition coefficient (Wildman–Crippen LogP) is 4.45. The number of carbonyl (C=O) groups is 1. The Balaban J connectivity index is 2.34. The highest BCUT2D eigenvalue weighted by atomic mass is 35.5. The molecule has 106 valence electrons. The molecule has 5 heteroatoms. The Bertz CT molecular complexity index is 421. The van der Waals surface area contributed by atoms with E-state index in [9.17, 15) is 4.79 Å². The zero-order chi connectivity index (χ0) is 14.5. The number of ether oxygens (including phenoxy) is 1. The topological polar surface area (TPSA) is 38.3 Å². The first-order chi connectivity index (χ1) is 8.79. The van der Waals surface area contributed by atoms with Gasteiger partial charge in [-0.05, 0) is 51.3 Å². The molecule has 1 amide bonds. The summed E-state index contributed by atoms with van der Waals surface area (Å²) in [5, 5.41) is 4.02. The van der Waals surface area contributed by atoms with Crippen molar-refractivity contribution >= 4 is 29.3 Å². The third-order valence-electron chi connectivity index (χ3n) is 2.33. The summed E-state index contributed by atoms with van der Waals surface area (Å²) in [5.41, 5.74) is 0.438. The molecule has 0 aromatic heterocycles. The van der Waals surface area contributed by atoms with E-state index in [0.29, 0.717) is 23.0 Å². The largest absolute Gasteiger partial charge is 0.444 e. The monoisotopic (exact) mass is 303 g/mol. The summed E-state index contributed by atoms with van der Waals surface area (Å²) >= 11 is 12.1. The molecule has 1 aromatic rings. The van der Waals surface area contributed by atoms with Crippen molar-refractivity contribution in [2.45, 2.75) is 39.2 Å². The van der Waals surface area contributed by atoms with Crippen molar-refractivity contribution in [3.05, 3.63) is 33.8 Å². The van der Waals surface area contributed by atoms with Crippen LogP contribution in [0.15, 0.2) is 18.2 Å². The summed E-state index contributed by atoms with van der Waals surface area (Å²) in [6.45, 7) is 6.01. The molecule has 0 aliphatic carbocycles. The molecule has 0 aliphatic rings. The van der Waals surface area contributed by atoms with Crippen LogP contribution in [-0.2, 0) is 11.2 Å². The molecule has 0 unspecified atom stereocenters. The first kappa shape index (κ1) is 16.1. The fourth-order valence-electron chi connectivity index (χ4n) is 1.54. The van der Waals surface area contributed by atoms with Gasteiger partial charge >= 0.3 is 6.09 Å². The van der Waals surface area contributed by atoms with Gasteiger partial charge in [0.25, 0.3) is 0 Å². The van der Waals surface area contributed by atoms with Gasteiger partial charge < -0.3 is 10.1 Å². The normalized spacial score (nSPS) is 11.2. The lowest BCUT2D eigenvalue weighted by atomic mass is 10.1. The minimum Gasteiger partial charge on any atom is -0.444 e. The van der Waals surface area contributed by atoms with E-state index in [1.807, 2.05) is 39.0 Å². The van der Waals surface area contributed by atoms with Gasteiger partial charge in [0.2, 0.25) is 0 Å². The molecule has 1 N–H and O–H groups in total. The van der Waals surface area contributed by atoms with E-state index in [4.69, 9.17) is 27.9 Å². The van der Waals surface area contributed by atoms with Gasteiger partial charge in [-0.25, -0.2) is 4.79 Å². The van der Waals surface area contributed by atoms with Gasteiger partial charge in [-0.2, -0.15) is 0 Å². The Labute approximate surface area is 124 Å². The summed E-state index contributed by atoms with van der Waals surface area (Å²) < 4.78 is 5.14. The van der Waals surface area contributed by atoms with Crippen LogP contribution in [-0.4, -0.2) is 18.2 Å². The molecular weight excluding hydrogens is 285 g/mol. The first-order valence-electron chi connectivity index (χ1n) is 6.19. The maximum Gasteiger partial charge on any atom is 0.407 e. The molecule has 19 heavy (non-hydrogen) atoms. The number of carbonyl (C=O) groups excluding carboxylic acids is 1. The van der Waals surface area contributed by atoms with Crippen LogP contribution in [0.25, 0.3) is 0 Å². The smallest absolute Gasteiger partial charge is 0.407 e. The van der Waals surface area contributed by atoms with E-state index in [0.717, 1.165) is 12.0 Å². The average Bonchev–Trinajstić information content (AvgIpc) is 2.25. The van der Waals surface area contributed by atoms with Crippen LogP contribution in [0, 0.1) is 0 Å². The molecule has 1 rings (SSSR count). The third kappa shape index (κ3) is 6.17. The second-order valence-corrected chi connectivity index (χ2v) is 6.05. The molecule has 1 aromatic carbocycles. The maximum atomic E-state index is 11.4. The van der Waals surface area contributed by atoms with Crippen molar-refractivity contribution in [2.75, 3.05) is 6.54 Å². The van der Waals surface area contributed by atoms with E-state index in [-0.39, 0.29) is 0 Å². The summed E-state index contributed by atoms with van der Waals surface area (Å²) in [6.07, 6.45) is 1.06. The summed E-state index contributed by atoms with van der Waals surface area (Å²) in [6, 6.07) is 5.43. The van der Waals surface area contributed by atoms with Gasteiger partial charge in [-0.15, -0.1) is 0 Å². The van der Waals surface area contributed by atoms with Crippen LogP contribution in [0.1, 0.15) is 32.8 Å². The molecule has 3 nitrogen and oxygen atoms in total. The van der Waals surface area contributed by atoms with Crippen LogP contribution in [0.5, 0.6) is 0 Å². The standard InChI is InChI=1S/C14H19Cl2NO2/c1-14(2,3)19-13(18)17-9-5-6-10-11(15)7-4-8-12(10)16/h4,7-8H,5-6,9H2,1-3H3,(H,17,18). The molecule has 0 spiro atoms. The van der Waals surface area contributed by atoms with E-state index in [2.05, 4.69) is 5.32 Å². The Kier molecular flexibility index (Phi) is 5.95. The van der Waals surface area contributed by atoms with E-state index < -0.39 is 11.7 Å². The lowest BCUT2D eigenvalue weighted by Crippen LogP contribution is -2.33. The Morgan fingerprint density at radius 3 is 2.37 bits per heavy atom. The van der Waals surface area contributed by atoms with E-state index in [1.165, 1.54) is 0 Å². The Morgan fingerprint density at radius 1 is 1.26 bits per heavy atom. The van der Waals surface area contributed by atoms with Crippen molar-refractivity contribution in [1.29, 1.82) is 0 Å². The number of hydrogen-bond donors (Lipinski definition) is 1. The lowest BCUT2D eigenvalue weighted by Gasteiger charge is -2.19. The molecule has 0 bridgehead atoms. The van der Waals surface area contributed by atoms with Crippen molar-refractivity contribution in [3.8, 4) is 0 Å². The zero-order valence-electron chi connectivity index (χ0n) is 11.4. The van der Waals surface area contributed by atoms with Gasteiger partial charge in [0, 0.05) is 16.6 Å². The van der Waals surface area contributed by atoms with Crippen LogP contribution in [0.2, 0.25) is 10.0 Å². The number of amides is 1. The van der Waals surface area contributed by atoms with Crippen molar-refractivity contribution in [1.82, 2.24) is 5.32 Å². The van der Waals surface area contributed by atoms with Crippen LogP contribution in [0.4, 0.5) is 4.79 Å². The minimum atomic E-state index is -0.476. The summed E-state index contributed by atoms with van der Waals surface area (Å²) in [5.74, 6) is 0. The SMILES string of the molecule is CC(C)(C)OC(=O)NCCCc1c(Cl)cccc1Cl. The number of hydrogen-bond acceptors (Lipinski definition) is 2. The van der Waals surface area contributed by atoms with E-state index in [1.54, 1.807) is 0 Å². The Hall–Kier alpha value is -0.930. The van der Waals surface area contributed by atoms with Crippen molar-refractivity contribution in [3.63, 3.8) is 0 Å². The number of halogens is 2. The van der Waals surface area contributed by atoms with Crippen LogP contribution < -0.4 is 5.32 Å². The summed E-state index contributed by atoms with van der Waals surface area (Å²) in [4.78, 5) is 11.4. The highest BCUT2D eigenvalue weighted by Gasteiger charge is 2.15. The number of benzene rings is 1. The third-order valence-corrected chi connectivity index (χ3v) is 3.04. The van der Waals surface area contributed by atoms with Crippen molar-refractivity contribution < 1.29 is 9.53 Å². The molecule has 0 fully saturated rings. The molecule has 0 heterocycles. The van der Waals surface area contributed by atoms with Gasteiger partial charge in [-0.3, -0.25) is 0 Å². The van der Waals surface area contributed by atoms with Crippen LogP contribution in [0.3, 0.4) is 0 Å². The highest BCUT2D eigenvalue weighted by Crippen LogP contribution is 2.25. The molecular formula is C14H19Cl2NO2. The summed E-state index contributed by atoms with van der Waals surface area (Å²) in [7, 11) is 0. The van der Waals surface area contributed by atoms with Gasteiger partial charge in [-0.1, -0.05) is 29.3 Å². The first-order valence-corrected chi connectivity index (χ1v) is 6.95. The lowest BCUT2D eigenvalue weighted by molar-refractivity contribution is 0.0527. The molecule has 0 aliphatic heterocycles. The second kappa shape index (κ2) is 7.01. The molecule has 0 atom stereocenters. The second-order valence-electron chi connectivity index (χ2n) is 5.23. The Morgan fingerprint density at radius 2 is 1.84 bits per heavy atom. The molecule has 0 saturated heterocycles. The van der Waals surface area contributed by atoms with Gasteiger partial charge in [0.05, 0.1) is 0 Å². The maximum absolute atomic E-state index is 11.4. The minimum absolute atomic E-state index is 0.405. The average molecular weight is 304 g/mol. The molecule has 0 radical (unpaired) electrons. The number of alkyl carbamates (subject to hydrolysis) is 1. The number of nitrogens with one attached hydrogen (secondary N) is 1. The predicted molar refractivity (Wildman–Crippen MR) is 79.0 cm³/mol. The quantitative estimate of drug-likeness (QED) is 0.835. The number of rotatable bonds is 4. The fraction of sp³-hybridized carbons (Fsp3) is 0.500. The molecule has 0 saturated carbocycles. The van der Waals surface area contributed by atoms with Crippen LogP contribution >= 0.6 is 23.2 Å². The van der Waals surface area contributed by atoms with Gasteiger partial charge in [0.15, 0.2) is 0 Å². The van der Waals surface area contributed by atoms with E-state index >= 15 is 0 Å². The highest BCUT2D eigenvalue weighted by molar-refractivity contribution is 6.35. The van der Waals surface area contributed by atoms with Gasteiger partial charge in [0.1, 0.15) is 5.60 Å².